The van der Waals surface area contributed by atoms with Crippen LogP contribution in [0.25, 0.3) is 0 Å². The normalized spacial score (nSPS) is 13.4. The maximum atomic E-state index is 13.5. The first-order valence-corrected chi connectivity index (χ1v) is 7.21. The van der Waals surface area contributed by atoms with Gasteiger partial charge in [-0.05, 0) is 24.6 Å². The summed E-state index contributed by atoms with van der Waals surface area (Å²) in [4.78, 5) is 0. The molecule has 1 atom stereocenters. The van der Waals surface area contributed by atoms with Gasteiger partial charge in [-0.2, -0.15) is 0 Å². The molecule has 0 aromatic heterocycles. The van der Waals surface area contributed by atoms with Crippen LogP contribution in [0.4, 0.5) is 4.39 Å². The standard InChI is InChI=1S/C11H16FNO3S/c1-8(13)9-3-4-11(10(12)7-9)16-5-6-17(2,14)15/h3-4,7-8H,5-6,13H2,1-2H3. The molecule has 2 N–H and O–H groups in total. The average Bonchev–Trinajstić information content (AvgIpc) is 2.18. The first kappa shape index (κ1) is 13.9. The van der Waals surface area contributed by atoms with Crippen LogP contribution in [0.2, 0.25) is 0 Å². The second-order valence-electron chi connectivity index (χ2n) is 3.96. The minimum atomic E-state index is -3.10. The Kier molecular flexibility index (Phi) is 4.47. The smallest absolute Gasteiger partial charge is 0.165 e. The topological polar surface area (TPSA) is 69.4 Å². The predicted octanol–water partition coefficient (Wildman–Crippen LogP) is 1.27. The molecule has 17 heavy (non-hydrogen) atoms. The predicted molar refractivity (Wildman–Crippen MR) is 64.2 cm³/mol. The van der Waals surface area contributed by atoms with Crippen LogP contribution >= 0.6 is 0 Å². The molecule has 4 nitrogen and oxygen atoms in total. The highest BCUT2D eigenvalue weighted by atomic mass is 32.2. The van der Waals surface area contributed by atoms with E-state index in [1.807, 2.05) is 0 Å². The van der Waals surface area contributed by atoms with E-state index in [0.717, 1.165) is 6.26 Å². The van der Waals surface area contributed by atoms with Crippen LogP contribution in [-0.2, 0) is 9.84 Å². The highest BCUT2D eigenvalue weighted by molar-refractivity contribution is 7.90. The second-order valence-corrected chi connectivity index (χ2v) is 6.22. The Bertz CT molecular complexity index is 485. The van der Waals surface area contributed by atoms with Crippen LogP contribution < -0.4 is 10.5 Å². The third-order valence-corrected chi connectivity index (χ3v) is 3.10. The van der Waals surface area contributed by atoms with E-state index < -0.39 is 15.7 Å². The number of hydrogen-bond acceptors (Lipinski definition) is 4. The Morgan fingerprint density at radius 2 is 2.12 bits per heavy atom. The fraction of sp³-hybridized carbons (Fsp3) is 0.455. The molecule has 0 aliphatic carbocycles. The number of sulfone groups is 1. The van der Waals surface area contributed by atoms with Gasteiger partial charge in [0, 0.05) is 12.3 Å². The maximum Gasteiger partial charge on any atom is 0.165 e. The van der Waals surface area contributed by atoms with Crippen molar-refractivity contribution in [1.82, 2.24) is 0 Å². The summed E-state index contributed by atoms with van der Waals surface area (Å²) in [6.07, 6.45) is 1.10. The van der Waals surface area contributed by atoms with Crippen LogP contribution in [0, 0.1) is 5.82 Å². The van der Waals surface area contributed by atoms with Crippen LogP contribution in [-0.4, -0.2) is 27.0 Å². The zero-order valence-corrected chi connectivity index (χ0v) is 10.6. The molecule has 0 aliphatic heterocycles. The summed E-state index contributed by atoms with van der Waals surface area (Å²) in [6, 6.07) is 4.15. The molecule has 0 radical (unpaired) electrons. The minimum absolute atomic E-state index is 0.0399. The van der Waals surface area contributed by atoms with Gasteiger partial charge in [0.15, 0.2) is 21.4 Å². The first-order chi connectivity index (χ1) is 7.79. The number of hydrogen-bond donors (Lipinski definition) is 1. The summed E-state index contributed by atoms with van der Waals surface area (Å²) in [5.74, 6) is -0.632. The molecule has 0 saturated carbocycles. The van der Waals surface area contributed by atoms with Crippen molar-refractivity contribution in [3.05, 3.63) is 29.6 Å². The number of halogens is 1. The van der Waals surface area contributed by atoms with E-state index in [1.165, 1.54) is 12.1 Å². The van der Waals surface area contributed by atoms with Crippen molar-refractivity contribution in [3.8, 4) is 5.75 Å². The van der Waals surface area contributed by atoms with E-state index in [-0.39, 0.29) is 24.2 Å². The highest BCUT2D eigenvalue weighted by Crippen LogP contribution is 2.21. The van der Waals surface area contributed by atoms with E-state index in [2.05, 4.69) is 0 Å². The molecule has 96 valence electrons. The number of ether oxygens (including phenoxy) is 1. The summed E-state index contributed by atoms with van der Waals surface area (Å²) in [5, 5.41) is 0. The van der Waals surface area contributed by atoms with Crippen LogP contribution in [0.15, 0.2) is 18.2 Å². The van der Waals surface area contributed by atoms with Gasteiger partial charge >= 0.3 is 0 Å². The van der Waals surface area contributed by atoms with Crippen LogP contribution in [0.1, 0.15) is 18.5 Å². The SMILES string of the molecule is CC(N)c1ccc(OCCS(C)(=O)=O)c(F)c1. The fourth-order valence-corrected chi connectivity index (χ4v) is 1.61. The quantitative estimate of drug-likeness (QED) is 0.866. The van der Waals surface area contributed by atoms with Gasteiger partial charge in [-0.1, -0.05) is 6.07 Å². The molecule has 1 aromatic carbocycles. The molecular formula is C11H16FNO3S. The number of benzene rings is 1. The van der Waals surface area contributed by atoms with E-state index in [1.54, 1.807) is 13.0 Å². The van der Waals surface area contributed by atoms with Crippen molar-refractivity contribution < 1.29 is 17.5 Å². The fourth-order valence-electron chi connectivity index (χ4n) is 1.22. The van der Waals surface area contributed by atoms with Gasteiger partial charge in [0.1, 0.15) is 6.61 Å². The highest BCUT2D eigenvalue weighted by Gasteiger charge is 2.08. The molecule has 0 fully saturated rings. The largest absolute Gasteiger partial charge is 0.489 e. The molecule has 6 heteroatoms. The lowest BCUT2D eigenvalue weighted by Gasteiger charge is -2.10. The molecule has 1 unspecified atom stereocenters. The molecular weight excluding hydrogens is 245 g/mol. The maximum absolute atomic E-state index is 13.5. The molecule has 0 amide bonds. The van der Waals surface area contributed by atoms with Crippen molar-refractivity contribution >= 4 is 9.84 Å². The van der Waals surface area contributed by atoms with Crippen molar-refractivity contribution in [2.75, 3.05) is 18.6 Å². The summed E-state index contributed by atoms with van der Waals surface area (Å²) in [5.41, 5.74) is 6.27. The molecule has 0 spiro atoms. The van der Waals surface area contributed by atoms with Crippen molar-refractivity contribution in [2.45, 2.75) is 13.0 Å². The molecule has 0 heterocycles. The average molecular weight is 261 g/mol. The molecule has 0 aliphatic rings. The minimum Gasteiger partial charge on any atom is -0.489 e. The molecule has 0 bridgehead atoms. The lowest BCUT2D eigenvalue weighted by Crippen LogP contribution is -2.13. The van der Waals surface area contributed by atoms with Crippen molar-refractivity contribution in [3.63, 3.8) is 0 Å². The van der Waals surface area contributed by atoms with Gasteiger partial charge in [-0.3, -0.25) is 0 Å². The Labute approximate surface area is 101 Å². The van der Waals surface area contributed by atoms with Gasteiger partial charge in [-0.25, -0.2) is 12.8 Å². The monoisotopic (exact) mass is 261 g/mol. The van der Waals surface area contributed by atoms with E-state index in [4.69, 9.17) is 10.5 Å². The Balaban J connectivity index is 2.67. The molecule has 1 aromatic rings. The summed E-state index contributed by atoms with van der Waals surface area (Å²) >= 11 is 0. The lowest BCUT2D eigenvalue weighted by atomic mass is 10.1. The third kappa shape index (κ3) is 4.70. The van der Waals surface area contributed by atoms with Gasteiger partial charge in [0.2, 0.25) is 0 Å². The van der Waals surface area contributed by atoms with Crippen molar-refractivity contribution in [1.29, 1.82) is 0 Å². The van der Waals surface area contributed by atoms with Crippen LogP contribution in [0.5, 0.6) is 5.75 Å². The van der Waals surface area contributed by atoms with Crippen LogP contribution in [0.3, 0.4) is 0 Å². The zero-order chi connectivity index (χ0) is 13.1. The van der Waals surface area contributed by atoms with Gasteiger partial charge in [0.25, 0.3) is 0 Å². The van der Waals surface area contributed by atoms with E-state index in [9.17, 15) is 12.8 Å². The molecule has 0 saturated heterocycles. The van der Waals surface area contributed by atoms with E-state index >= 15 is 0 Å². The van der Waals surface area contributed by atoms with Gasteiger partial charge in [0.05, 0.1) is 5.75 Å². The summed E-state index contributed by atoms with van der Waals surface area (Å²) < 4.78 is 40.3. The van der Waals surface area contributed by atoms with Gasteiger partial charge < -0.3 is 10.5 Å². The number of rotatable bonds is 5. The summed E-state index contributed by atoms with van der Waals surface area (Å²) in [7, 11) is -3.10. The first-order valence-electron chi connectivity index (χ1n) is 5.15. The Morgan fingerprint density at radius 3 is 2.59 bits per heavy atom. The number of nitrogens with two attached hydrogens (primary N) is 1. The Morgan fingerprint density at radius 1 is 1.47 bits per heavy atom. The molecule has 1 rings (SSSR count). The second kappa shape index (κ2) is 5.46. The lowest BCUT2D eigenvalue weighted by molar-refractivity contribution is 0.322. The van der Waals surface area contributed by atoms with Gasteiger partial charge in [-0.15, -0.1) is 0 Å². The van der Waals surface area contributed by atoms with E-state index in [0.29, 0.717) is 5.56 Å². The summed E-state index contributed by atoms with van der Waals surface area (Å²) in [6.45, 7) is 1.69. The van der Waals surface area contributed by atoms with Crippen molar-refractivity contribution in [2.24, 2.45) is 5.73 Å². The Hall–Kier alpha value is -1.14. The third-order valence-electron chi connectivity index (χ3n) is 2.19. The zero-order valence-electron chi connectivity index (χ0n) is 9.81.